The number of aromatic carboxylic acids is 1. The van der Waals surface area contributed by atoms with Crippen molar-refractivity contribution in [2.45, 2.75) is 13.0 Å². The summed E-state index contributed by atoms with van der Waals surface area (Å²) in [6.07, 6.45) is 0. The summed E-state index contributed by atoms with van der Waals surface area (Å²) in [5.74, 6) is -2.01. The van der Waals surface area contributed by atoms with E-state index in [9.17, 15) is 18.4 Å². The first-order chi connectivity index (χ1) is 8.90. The molecule has 0 radical (unpaired) electrons. The number of carbonyl (C=O) groups excluding carboxylic acids is 1. The summed E-state index contributed by atoms with van der Waals surface area (Å²) in [5.41, 5.74) is 5.43. The SMILES string of the molecule is Cc1cc(C(N)=O)c(NC(CF)CF)cc1C(=O)O. The molecule has 1 aromatic carbocycles. The topological polar surface area (TPSA) is 92.4 Å². The van der Waals surface area contributed by atoms with E-state index in [1.54, 1.807) is 0 Å². The van der Waals surface area contributed by atoms with Crippen molar-refractivity contribution in [1.29, 1.82) is 0 Å². The fraction of sp³-hybridized carbons (Fsp3) is 0.333. The number of rotatable bonds is 6. The van der Waals surface area contributed by atoms with Crippen molar-refractivity contribution >= 4 is 17.6 Å². The molecular formula is C12H14F2N2O3. The van der Waals surface area contributed by atoms with Crippen molar-refractivity contribution in [2.75, 3.05) is 18.7 Å². The Labute approximate surface area is 108 Å². The highest BCUT2D eigenvalue weighted by molar-refractivity contribution is 6.01. The Kier molecular flexibility index (Phi) is 4.80. The van der Waals surface area contributed by atoms with Gasteiger partial charge in [-0.15, -0.1) is 0 Å². The third-order valence-corrected chi connectivity index (χ3v) is 2.59. The van der Waals surface area contributed by atoms with Crippen molar-refractivity contribution < 1.29 is 23.5 Å². The molecule has 0 aliphatic carbocycles. The van der Waals surface area contributed by atoms with Crippen LogP contribution in [0, 0.1) is 6.92 Å². The number of carboxylic acids is 1. The van der Waals surface area contributed by atoms with E-state index < -0.39 is 31.3 Å². The normalized spacial score (nSPS) is 10.5. The lowest BCUT2D eigenvalue weighted by molar-refractivity contribution is 0.0695. The molecule has 0 unspecified atom stereocenters. The number of benzene rings is 1. The van der Waals surface area contributed by atoms with Crippen LogP contribution in [0.1, 0.15) is 26.3 Å². The van der Waals surface area contributed by atoms with E-state index in [1.165, 1.54) is 13.0 Å². The average Bonchev–Trinajstić information content (AvgIpc) is 2.36. The number of carbonyl (C=O) groups is 2. The molecule has 0 fully saturated rings. The maximum absolute atomic E-state index is 12.5. The van der Waals surface area contributed by atoms with E-state index >= 15 is 0 Å². The smallest absolute Gasteiger partial charge is 0.336 e. The number of aryl methyl sites for hydroxylation is 1. The molecule has 5 nitrogen and oxygen atoms in total. The van der Waals surface area contributed by atoms with Crippen LogP contribution in [0.25, 0.3) is 0 Å². The molecule has 4 N–H and O–H groups in total. The second-order valence-corrected chi connectivity index (χ2v) is 4.03. The molecule has 1 rings (SSSR count). The lowest BCUT2D eigenvalue weighted by Gasteiger charge is -2.17. The predicted octanol–water partition coefficient (Wildman–Crippen LogP) is 1.51. The molecule has 0 aliphatic rings. The minimum absolute atomic E-state index is 0.00519. The molecule has 0 saturated carbocycles. The first-order valence-corrected chi connectivity index (χ1v) is 5.46. The zero-order chi connectivity index (χ0) is 14.6. The van der Waals surface area contributed by atoms with E-state index in [2.05, 4.69) is 5.32 Å². The molecular weight excluding hydrogens is 258 g/mol. The molecule has 0 bridgehead atoms. The number of amides is 1. The van der Waals surface area contributed by atoms with Crippen LogP contribution in [-0.2, 0) is 0 Å². The minimum atomic E-state index is -1.20. The van der Waals surface area contributed by atoms with Crippen molar-refractivity contribution in [3.8, 4) is 0 Å². The fourth-order valence-corrected chi connectivity index (χ4v) is 1.60. The Balaban J connectivity index is 3.29. The molecule has 7 heteroatoms. The van der Waals surface area contributed by atoms with E-state index in [1.807, 2.05) is 0 Å². The minimum Gasteiger partial charge on any atom is -0.478 e. The fourth-order valence-electron chi connectivity index (χ4n) is 1.60. The number of hydrogen-bond acceptors (Lipinski definition) is 3. The highest BCUT2D eigenvalue weighted by Crippen LogP contribution is 2.22. The maximum atomic E-state index is 12.5. The first-order valence-electron chi connectivity index (χ1n) is 5.46. The van der Waals surface area contributed by atoms with Gasteiger partial charge < -0.3 is 16.2 Å². The van der Waals surface area contributed by atoms with Gasteiger partial charge in [-0.25, -0.2) is 13.6 Å². The summed E-state index contributed by atoms with van der Waals surface area (Å²) >= 11 is 0. The van der Waals surface area contributed by atoms with Crippen molar-refractivity contribution in [3.05, 3.63) is 28.8 Å². The number of anilines is 1. The molecule has 0 spiro atoms. The summed E-state index contributed by atoms with van der Waals surface area (Å²) in [4.78, 5) is 22.2. The second kappa shape index (κ2) is 6.12. The van der Waals surface area contributed by atoms with Crippen molar-refractivity contribution in [2.24, 2.45) is 5.73 Å². The largest absolute Gasteiger partial charge is 0.478 e. The van der Waals surface area contributed by atoms with Gasteiger partial charge in [0.05, 0.1) is 17.2 Å². The summed E-state index contributed by atoms with van der Waals surface area (Å²) in [5, 5.41) is 11.4. The van der Waals surface area contributed by atoms with Crippen molar-refractivity contribution in [3.63, 3.8) is 0 Å². The quantitative estimate of drug-likeness (QED) is 0.732. The molecule has 1 amide bonds. The van der Waals surface area contributed by atoms with Gasteiger partial charge in [0.25, 0.3) is 5.91 Å². The Morgan fingerprint density at radius 1 is 1.32 bits per heavy atom. The van der Waals surface area contributed by atoms with Gasteiger partial charge in [-0.05, 0) is 24.6 Å². The molecule has 1 aromatic rings. The van der Waals surface area contributed by atoms with Crippen LogP contribution in [-0.4, -0.2) is 36.4 Å². The van der Waals surface area contributed by atoms with Gasteiger partial charge in [0.2, 0.25) is 0 Å². The van der Waals surface area contributed by atoms with Crippen LogP contribution >= 0.6 is 0 Å². The van der Waals surface area contributed by atoms with Gasteiger partial charge in [-0.3, -0.25) is 4.79 Å². The average molecular weight is 272 g/mol. The molecule has 0 atom stereocenters. The Hall–Kier alpha value is -2.18. The Bertz CT molecular complexity index is 502. The Morgan fingerprint density at radius 2 is 1.89 bits per heavy atom. The van der Waals surface area contributed by atoms with Crippen LogP contribution in [0.15, 0.2) is 12.1 Å². The zero-order valence-corrected chi connectivity index (χ0v) is 10.2. The number of carboxylic acid groups (broad SMARTS) is 1. The number of halogens is 2. The lowest BCUT2D eigenvalue weighted by Crippen LogP contribution is -2.26. The van der Waals surface area contributed by atoms with Crippen LogP contribution in [0.3, 0.4) is 0 Å². The molecule has 0 saturated heterocycles. The summed E-state index contributed by atoms with van der Waals surface area (Å²) in [6.45, 7) is -0.489. The molecule has 0 aliphatic heterocycles. The van der Waals surface area contributed by atoms with Gasteiger partial charge in [-0.1, -0.05) is 0 Å². The van der Waals surface area contributed by atoms with Crippen LogP contribution in [0.5, 0.6) is 0 Å². The van der Waals surface area contributed by atoms with E-state index in [0.717, 1.165) is 6.07 Å². The summed E-state index contributed by atoms with van der Waals surface area (Å²) in [6, 6.07) is 1.28. The number of hydrogen-bond donors (Lipinski definition) is 3. The molecule has 0 heterocycles. The van der Waals surface area contributed by atoms with Gasteiger partial charge in [0.15, 0.2) is 0 Å². The van der Waals surface area contributed by atoms with Gasteiger partial charge in [0, 0.05) is 5.69 Å². The third kappa shape index (κ3) is 3.40. The first kappa shape index (κ1) is 14.9. The van der Waals surface area contributed by atoms with E-state index in [-0.39, 0.29) is 16.8 Å². The molecule has 0 aromatic heterocycles. The molecule has 104 valence electrons. The summed E-state index contributed by atoms with van der Waals surface area (Å²) < 4.78 is 25.0. The number of primary amides is 1. The predicted molar refractivity (Wildman–Crippen MR) is 66.0 cm³/mol. The van der Waals surface area contributed by atoms with Gasteiger partial charge >= 0.3 is 5.97 Å². The summed E-state index contributed by atoms with van der Waals surface area (Å²) in [7, 11) is 0. The number of nitrogens with one attached hydrogen (secondary N) is 1. The molecule has 19 heavy (non-hydrogen) atoms. The lowest BCUT2D eigenvalue weighted by atomic mass is 10.0. The number of alkyl halides is 2. The number of nitrogens with two attached hydrogens (primary N) is 1. The van der Waals surface area contributed by atoms with E-state index in [0.29, 0.717) is 5.56 Å². The standard InChI is InChI=1S/C12H14F2N2O3/c1-6-2-9(11(15)17)10(3-8(6)12(18)19)16-7(4-13)5-14/h2-3,7,16H,4-5H2,1H3,(H2,15,17)(H,18,19). The van der Waals surface area contributed by atoms with Gasteiger partial charge in [-0.2, -0.15) is 0 Å². The van der Waals surface area contributed by atoms with Crippen molar-refractivity contribution in [1.82, 2.24) is 0 Å². The maximum Gasteiger partial charge on any atom is 0.336 e. The van der Waals surface area contributed by atoms with Crippen LogP contribution < -0.4 is 11.1 Å². The zero-order valence-electron chi connectivity index (χ0n) is 10.2. The van der Waals surface area contributed by atoms with E-state index in [4.69, 9.17) is 10.8 Å². The van der Waals surface area contributed by atoms with Crippen LogP contribution in [0.2, 0.25) is 0 Å². The highest BCUT2D eigenvalue weighted by Gasteiger charge is 2.18. The Morgan fingerprint density at radius 3 is 2.32 bits per heavy atom. The highest BCUT2D eigenvalue weighted by atomic mass is 19.1. The second-order valence-electron chi connectivity index (χ2n) is 4.03. The third-order valence-electron chi connectivity index (χ3n) is 2.59. The van der Waals surface area contributed by atoms with Gasteiger partial charge in [0.1, 0.15) is 13.3 Å². The van der Waals surface area contributed by atoms with Crippen LogP contribution in [0.4, 0.5) is 14.5 Å². The monoisotopic (exact) mass is 272 g/mol.